The summed E-state index contributed by atoms with van der Waals surface area (Å²) in [6.45, 7) is 3.64. The molecule has 0 aliphatic heterocycles. The highest BCUT2D eigenvalue weighted by Gasteiger charge is 2.04. The minimum atomic E-state index is 0.177. The highest BCUT2D eigenvalue weighted by molar-refractivity contribution is 4.67. The summed E-state index contributed by atoms with van der Waals surface area (Å²) in [5, 5.41) is 11.5. The van der Waals surface area contributed by atoms with Gasteiger partial charge in [-0.2, -0.15) is 0 Å². The fraction of sp³-hybridized carbons (Fsp3) is 1.00. The Bertz CT molecular complexity index is 98.3. The van der Waals surface area contributed by atoms with E-state index >= 15 is 0 Å². The van der Waals surface area contributed by atoms with Crippen molar-refractivity contribution in [2.75, 3.05) is 19.7 Å². The van der Waals surface area contributed by atoms with Crippen LogP contribution in [0.2, 0.25) is 0 Å². The number of hydrogen-bond acceptors (Lipinski definition) is 4. The van der Waals surface area contributed by atoms with Crippen LogP contribution in [0.5, 0.6) is 0 Å². The molecule has 0 saturated heterocycles. The molecule has 0 aromatic heterocycles. The van der Waals surface area contributed by atoms with Crippen molar-refractivity contribution in [1.82, 2.24) is 5.32 Å². The summed E-state index contributed by atoms with van der Waals surface area (Å²) in [7, 11) is 0. The van der Waals surface area contributed by atoms with E-state index in [9.17, 15) is 0 Å². The molecule has 0 amide bonds. The van der Waals surface area contributed by atoms with Crippen molar-refractivity contribution in [2.24, 2.45) is 11.5 Å². The highest BCUT2D eigenvalue weighted by Crippen LogP contribution is 1.95. The number of aliphatic hydroxyl groups is 1. The molecule has 0 aromatic carbocycles. The minimum Gasteiger partial charge on any atom is -0.395 e. The van der Waals surface area contributed by atoms with Gasteiger partial charge < -0.3 is 21.9 Å². The summed E-state index contributed by atoms with van der Waals surface area (Å²) in [6, 6.07) is 0.356. The van der Waals surface area contributed by atoms with Crippen LogP contribution < -0.4 is 16.8 Å². The number of aliphatic hydroxyl groups excluding tert-OH is 1. The molecule has 0 bridgehead atoms. The van der Waals surface area contributed by atoms with Gasteiger partial charge in [0.15, 0.2) is 0 Å². The van der Waals surface area contributed by atoms with Crippen LogP contribution in [-0.2, 0) is 0 Å². The molecule has 0 heterocycles. The third-order valence-corrected chi connectivity index (χ3v) is 1.66. The van der Waals surface area contributed by atoms with Gasteiger partial charge in [-0.15, -0.1) is 0 Å². The Morgan fingerprint density at radius 1 is 1.33 bits per heavy atom. The lowest BCUT2D eigenvalue weighted by Gasteiger charge is -2.13. The standard InChI is InChI=1S/C8H21N3O/c1-7(9)6-8(10)2-3-11-4-5-12/h7-8,11-12H,2-6,9-10H2,1H3. The molecule has 0 aliphatic rings. The molecule has 0 fully saturated rings. The molecule has 4 heteroatoms. The van der Waals surface area contributed by atoms with Gasteiger partial charge in [-0.1, -0.05) is 0 Å². The largest absolute Gasteiger partial charge is 0.395 e. The Hall–Kier alpha value is -0.160. The van der Waals surface area contributed by atoms with E-state index in [0.717, 1.165) is 19.4 Å². The molecule has 0 spiro atoms. The van der Waals surface area contributed by atoms with E-state index in [0.29, 0.717) is 6.54 Å². The summed E-state index contributed by atoms with van der Waals surface area (Å²) in [4.78, 5) is 0. The van der Waals surface area contributed by atoms with Crippen LogP contribution in [0.1, 0.15) is 19.8 Å². The maximum Gasteiger partial charge on any atom is 0.0555 e. The molecule has 2 unspecified atom stereocenters. The second-order valence-corrected chi connectivity index (χ2v) is 3.24. The average Bonchev–Trinajstić information content (AvgIpc) is 1.97. The lowest BCUT2D eigenvalue weighted by atomic mass is 10.1. The first-order chi connectivity index (χ1) is 5.66. The molecule has 0 aliphatic carbocycles. The highest BCUT2D eigenvalue weighted by atomic mass is 16.3. The molecule has 2 atom stereocenters. The van der Waals surface area contributed by atoms with Crippen molar-refractivity contribution in [3.05, 3.63) is 0 Å². The Labute approximate surface area is 74.3 Å². The summed E-state index contributed by atoms with van der Waals surface area (Å²) < 4.78 is 0. The van der Waals surface area contributed by atoms with Gasteiger partial charge in [0.1, 0.15) is 0 Å². The Morgan fingerprint density at radius 3 is 2.50 bits per heavy atom. The van der Waals surface area contributed by atoms with E-state index in [-0.39, 0.29) is 18.7 Å². The molecule has 0 radical (unpaired) electrons. The average molecular weight is 175 g/mol. The molecule has 6 N–H and O–H groups in total. The van der Waals surface area contributed by atoms with Crippen molar-refractivity contribution in [2.45, 2.75) is 31.8 Å². The first kappa shape index (κ1) is 11.8. The SMILES string of the molecule is CC(N)CC(N)CCNCCO. The van der Waals surface area contributed by atoms with Crippen LogP contribution in [0.3, 0.4) is 0 Å². The van der Waals surface area contributed by atoms with E-state index in [1.165, 1.54) is 0 Å². The number of rotatable bonds is 7. The van der Waals surface area contributed by atoms with E-state index in [4.69, 9.17) is 16.6 Å². The first-order valence-corrected chi connectivity index (χ1v) is 4.49. The van der Waals surface area contributed by atoms with Crippen molar-refractivity contribution >= 4 is 0 Å². The van der Waals surface area contributed by atoms with Gasteiger partial charge >= 0.3 is 0 Å². The summed E-state index contributed by atoms with van der Waals surface area (Å²) in [5.74, 6) is 0. The quantitative estimate of drug-likeness (QED) is 0.375. The zero-order valence-electron chi connectivity index (χ0n) is 7.79. The van der Waals surface area contributed by atoms with Crippen molar-refractivity contribution in [3.8, 4) is 0 Å². The van der Waals surface area contributed by atoms with Crippen molar-refractivity contribution < 1.29 is 5.11 Å². The molecule has 74 valence electrons. The molecular formula is C8H21N3O. The number of nitrogens with two attached hydrogens (primary N) is 2. The lowest BCUT2D eigenvalue weighted by molar-refractivity contribution is 0.291. The van der Waals surface area contributed by atoms with Gasteiger partial charge in [0.25, 0.3) is 0 Å². The van der Waals surface area contributed by atoms with Crippen LogP contribution in [0.4, 0.5) is 0 Å². The Morgan fingerprint density at radius 2 is 2.00 bits per heavy atom. The predicted molar refractivity (Wildman–Crippen MR) is 50.8 cm³/mol. The Kier molecular flexibility index (Phi) is 7.39. The van der Waals surface area contributed by atoms with E-state index < -0.39 is 0 Å². The first-order valence-electron chi connectivity index (χ1n) is 4.49. The van der Waals surface area contributed by atoms with Gasteiger partial charge in [0, 0.05) is 18.6 Å². The number of hydrogen-bond donors (Lipinski definition) is 4. The molecule has 0 aromatic rings. The van der Waals surface area contributed by atoms with Gasteiger partial charge in [0.2, 0.25) is 0 Å². The third-order valence-electron chi connectivity index (χ3n) is 1.66. The molecule has 0 saturated carbocycles. The molecule has 12 heavy (non-hydrogen) atoms. The van der Waals surface area contributed by atoms with E-state index in [2.05, 4.69) is 5.32 Å². The predicted octanol–water partition coefficient (Wildman–Crippen LogP) is -0.977. The summed E-state index contributed by atoms with van der Waals surface area (Å²) >= 11 is 0. The Balaban J connectivity index is 3.14. The fourth-order valence-electron chi connectivity index (χ4n) is 1.09. The topological polar surface area (TPSA) is 84.3 Å². The normalized spacial score (nSPS) is 16.0. The van der Waals surface area contributed by atoms with Crippen molar-refractivity contribution in [3.63, 3.8) is 0 Å². The zero-order valence-corrected chi connectivity index (χ0v) is 7.79. The second kappa shape index (κ2) is 7.49. The number of nitrogens with one attached hydrogen (secondary N) is 1. The smallest absolute Gasteiger partial charge is 0.0555 e. The zero-order chi connectivity index (χ0) is 9.40. The minimum absolute atomic E-state index is 0.177. The van der Waals surface area contributed by atoms with Crippen LogP contribution in [0.25, 0.3) is 0 Å². The molecule has 0 rings (SSSR count). The van der Waals surface area contributed by atoms with E-state index in [1.807, 2.05) is 6.92 Å². The molecule has 4 nitrogen and oxygen atoms in total. The second-order valence-electron chi connectivity index (χ2n) is 3.24. The lowest BCUT2D eigenvalue weighted by Crippen LogP contribution is -2.32. The van der Waals surface area contributed by atoms with E-state index in [1.54, 1.807) is 0 Å². The van der Waals surface area contributed by atoms with Crippen LogP contribution in [-0.4, -0.2) is 36.9 Å². The van der Waals surface area contributed by atoms with Gasteiger partial charge in [0.05, 0.1) is 6.61 Å². The van der Waals surface area contributed by atoms with Gasteiger partial charge in [-0.3, -0.25) is 0 Å². The summed E-state index contributed by atoms with van der Waals surface area (Å²) in [5.41, 5.74) is 11.4. The molecular weight excluding hydrogens is 154 g/mol. The monoisotopic (exact) mass is 175 g/mol. The van der Waals surface area contributed by atoms with Gasteiger partial charge in [-0.05, 0) is 26.3 Å². The van der Waals surface area contributed by atoms with Gasteiger partial charge in [-0.25, -0.2) is 0 Å². The third kappa shape index (κ3) is 7.94. The van der Waals surface area contributed by atoms with Crippen LogP contribution >= 0.6 is 0 Å². The van der Waals surface area contributed by atoms with Crippen LogP contribution in [0, 0.1) is 0 Å². The van der Waals surface area contributed by atoms with Crippen molar-refractivity contribution in [1.29, 1.82) is 0 Å². The maximum absolute atomic E-state index is 8.46. The van der Waals surface area contributed by atoms with Crippen LogP contribution in [0.15, 0.2) is 0 Å². The maximum atomic E-state index is 8.46. The summed E-state index contributed by atoms with van der Waals surface area (Å²) in [6.07, 6.45) is 1.78. The fourth-order valence-corrected chi connectivity index (χ4v) is 1.09.